The summed E-state index contributed by atoms with van der Waals surface area (Å²) >= 11 is 6.10. The molecule has 1 aromatic rings. The molecule has 1 rings (SSSR count). The normalized spacial score (nSPS) is 14.2. The Hall–Kier alpha value is -0.820. The number of hydrogen-bond donors (Lipinski definition) is 0. The third-order valence-corrected chi connectivity index (χ3v) is 4.20. The van der Waals surface area contributed by atoms with Crippen molar-refractivity contribution >= 4 is 17.4 Å². The Morgan fingerprint density at radius 3 is 2.47 bits per heavy atom. The number of hydrogen-bond acceptors (Lipinski definition) is 1. The van der Waals surface area contributed by atoms with Crippen molar-refractivity contribution in [2.75, 3.05) is 0 Å². The molecule has 0 spiro atoms. The van der Waals surface area contributed by atoms with E-state index in [0.717, 1.165) is 29.8 Å². The van der Waals surface area contributed by atoms with Crippen LogP contribution in [0.3, 0.4) is 0 Å². The van der Waals surface area contributed by atoms with E-state index in [1.807, 2.05) is 13.0 Å². The van der Waals surface area contributed by atoms with Crippen LogP contribution in [0.5, 0.6) is 0 Å². The number of benzene rings is 1. The first-order chi connectivity index (χ1) is 8.92. The van der Waals surface area contributed by atoms with Crippen molar-refractivity contribution in [3.05, 3.63) is 34.3 Å². The lowest BCUT2D eigenvalue weighted by atomic mass is 9.74. The molecule has 0 saturated carbocycles. The Balaban J connectivity index is 3.02. The largest absolute Gasteiger partial charge is 0.300 e. The van der Waals surface area contributed by atoms with E-state index >= 15 is 0 Å². The average Bonchev–Trinajstić information content (AvgIpc) is 2.33. The van der Waals surface area contributed by atoms with E-state index < -0.39 is 0 Å². The Morgan fingerprint density at radius 1 is 1.26 bits per heavy atom. The van der Waals surface area contributed by atoms with Crippen molar-refractivity contribution in [1.82, 2.24) is 0 Å². The van der Waals surface area contributed by atoms with Crippen molar-refractivity contribution in [2.45, 2.75) is 65.2 Å². The predicted octanol–water partition coefficient (Wildman–Crippen LogP) is 5.47. The summed E-state index contributed by atoms with van der Waals surface area (Å²) < 4.78 is 0. The van der Waals surface area contributed by atoms with E-state index in [1.54, 1.807) is 0 Å². The van der Waals surface area contributed by atoms with Gasteiger partial charge in [-0.2, -0.15) is 0 Å². The fourth-order valence-electron chi connectivity index (χ4n) is 2.71. The second kappa shape index (κ2) is 7.09. The van der Waals surface area contributed by atoms with Crippen LogP contribution in [-0.2, 0) is 10.2 Å². The molecule has 2 heteroatoms. The monoisotopic (exact) mass is 280 g/mol. The highest BCUT2D eigenvalue weighted by atomic mass is 35.5. The van der Waals surface area contributed by atoms with Crippen LogP contribution >= 0.6 is 11.6 Å². The van der Waals surface area contributed by atoms with Gasteiger partial charge in [-0.3, -0.25) is 4.79 Å². The van der Waals surface area contributed by atoms with Gasteiger partial charge in [-0.05, 0) is 42.4 Å². The molecule has 0 aliphatic rings. The summed E-state index contributed by atoms with van der Waals surface area (Å²) in [7, 11) is 0. The highest BCUT2D eigenvalue weighted by molar-refractivity contribution is 6.31. The first-order valence-electron chi connectivity index (χ1n) is 7.21. The van der Waals surface area contributed by atoms with E-state index in [4.69, 9.17) is 11.6 Å². The molecule has 0 heterocycles. The Morgan fingerprint density at radius 2 is 1.95 bits per heavy atom. The van der Waals surface area contributed by atoms with Crippen LogP contribution in [0, 0.1) is 6.92 Å². The molecule has 1 atom stereocenters. The fourth-order valence-corrected chi connectivity index (χ4v) is 2.83. The molecular weight excluding hydrogens is 256 g/mol. The predicted molar refractivity (Wildman–Crippen MR) is 83.0 cm³/mol. The zero-order chi connectivity index (χ0) is 14.5. The standard InChI is InChI=1S/C17H25ClO/c1-5-7-15(19)12-17(4,10-6-2)14-8-9-16(18)13(3)11-14/h8-9,11H,5-7,10,12H2,1-4H3. The van der Waals surface area contributed by atoms with Crippen molar-refractivity contribution < 1.29 is 4.79 Å². The number of carbonyl (C=O) groups excluding carboxylic acids is 1. The zero-order valence-corrected chi connectivity index (χ0v) is 13.3. The molecular formula is C17H25ClO. The van der Waals surface area contributed by atoms with Crippen LogP contribution in [0.1, 0.15) is 64.0 Å². The minimum absolute atomic E-state index is 0.0592. The molecule has 0 bridgehead atoms. The Labute approximate surface area is 122 Å². The molecule has 0 aliphatic carbocycles. The van der Waals surface area contributed by atoms with Crippen LogP contribution in [0.2, 0.25) is 5.02 Å². The fraction of sp³-hybridized carbons (Fsp3) is 0.588. The van der Waals surface area contributed by atoms with Gasteiger partial charge in [-0.15, -0.1) is 0 Å². The lowest BCUT2D eigenvalue weighted by Crippen LogP contribution is -2.25. The van der Waals surface area contributed by atoms with E-state index in [1.165, 1.54) is 5.56 Å². The number of ketones is 1. The Kier molecular flexibility index (Phi) is 6.06. The summed E-state index contributed by atoms with van der Waals surface area (Å²) in [4.78, 5) is 12.0. The van der Waals surface area contributed by atoms with Crippen molar-refractivity contribution in [2.24, 2.45) is 0 Å². The van der Waals surface area contributed by atoms with Crippen LogP contribution in [-0.4, -0.2) is 5.78 Å². The van der Waals surface area contributed by atoms with Crippen LogP contribution in [0.15, 0.2) is 18.2 Å². The van der Waals surface area contributed by atoms with E-state index in [-0.39, 0.29) is 5.41 Å². The van der Waals surface area contributed by atoms with Gasteiger partial charge >= 0.3 is 0 Å². The topological polar surface area (TPSA) is 17.1 Å². The van der Waals surface area contributed by atoms with Gasteiger partial charge in [0.05, 0.1) is 0 Å². The molecule has 0 fully saturated rings. The second-order valence-electron chi connectivity index (χ2n) is 5.74. The van der Waals surface area contributed by atoms with E-state index in [9.17, 15) is 4.79 Å². The van der Waals surface area contributed by atoms with Crippen LogP contribution in [0.4, 0.5) is 0 Å². The van der Waals surface area contributed by atoms with Gasteiger partial charge < -0.3 is 0 Å². The lowest BCUT2D eigenvalue weighted by Gasteiger charge is -2.30. The molecule has 106 valence electrons. The molecule has 19 heavy (non-hydrogen) atoms. The lowest BCUT2D eigenvalue weighted by molar-refractivity contribution is -0.120. The molecule has 1 unspecified atom stereocenters. The molecule has 0 aliphatic heterocycles. The van der Waals surface area contributed by atoms with Gasteiger partial charge in [0.2, 0.25) is 0 Å². The van der Waals surface area contributed by atoms with Crippen molar-refractivity contribution in [3.8, 4) is 0 Å². The summed E-state index contributed by atoms with van der Waals surface area (Å²) in [5.41, 5.74) is 2.27. The SMILES string of the molecule is CCCC(=O)CC(C)(CCC)c1ccc(Cl)c(C)c1. The third kappa shape index (κ3) is 4.35. The minimum atomic E-state index is -0.0592. The Bertz CT molecular complexity index is 439. The maximum atomic E-state index is 12.0. The number of carbonyl (C=O) groups is 1. The summed E-state index contributed by atoms with van der Waals surface area (Å²) in [6.45, 7) is 8.45. The molecule has 0 aromatic heterocycles. The summed E-state index contributed by atoms with van der Waals surface area (Å²) in [6.07, 6.45) is 4.36. The highest BCUT2D eigenvalue weighted by Gasteiger charge is 2.28. The quantitative estimate of drug-likeness (QED) is 0.648. The van der Waals surface area contributed by atoms with Crippen LogP contribution in [0.25, 0.3) is 0 Å². The van der Waals surface area contributed by atoms with Gasteiger partial charge in [0, 0.05) is 17.9 Å². The van der Waals surface area contributed by atoms with Gasteiger partial charge in [0.15, 0.2) is 0 Å². The number of aryl methyl sites for hydroxylation is 1. The number of halogens is 1. The van der Waals surface area contributed by atoms with Gasteiger partial charge in [0.1, 0.15) is 5.78 Å². The molecule has 0 amide bonds. The summed E-state index contributed by atoms with van der Waals surface area (Å²) in [5.74, 6) is 0.367. The van der Waals surface area contributed by atoms with E-state index in [2.05, 4.69) is 32.9 Å². The van der Waals surface area contributed by atoms with Gasteiger partial charge in [-0.25, -0.2) is 0 Å². The van der Waals surface area contributed by atoms with Gasteiger partial charge in [0.25, 0.3) is 0 Å². The number of rotatable bonds is 7. The molecule has 0 N–H and O–H groups in total. The maximum Gasteiger partial charge on any atom is 0.133 e. The van der Waals surface area contributed by atoms with Gasteiger partial charge in [-0.1, -0.05) is 50.9 Å². The molecule has 0 saturated heterocycles. The van der Waals surface area contributed by atoms with Crippen molar-refractivity contribution in [1.29, 1.82) is 0 Å². The minimum Gasteiger partial charge on any atom is -0.300 e. The van der Waals surface area contributed by atoms with Crippen molar-refractivity contribution in [3.63, 3.8) is 0 Å². The molecule has 1 nitrogen and oxygen atoms in total. The number of Topliss-reactive ketones (excluding diaryl/α,β-unsaturated/α-hetero) is 1. The molecule has 1 aromatic carbocycles. The first kappa shape index (κ1) is 16.2. The summed E-state index contributed by atoms with van der Waals surface area (Å²) in [6, 6.07) is 6.16. The molecule has 0 radical (unpaired) electrons. The maximum absolute atomic E-state index is 12.0. The average molecular weight is 281 g/mol. The second-order valence-corrected chi connectivity index (χ2v) is 6.15. The highest BCUT2D eigenvalue weighted by Crippen LogP contribution is 2.35. The zero-order valence-electron chi connectivity index (χ0n) is 12.6. The third-order valence-electron chi connectivity index (χ3n) is 3.77. The first-order valence-corrected chi connectivity index (χ1v) is 7.59. The smallest absolute Gasteiger partial charge is 0.133 e. The summed E-state index contributed by atoms with van der Waals surface area (Å²) in [5, 5.41) is 0.794. The van der Waals surface area contributed by atoms with E-state index in [0.29, 0.717) is 18.6 Å². The van der Waals surface area contributed by atoms with Crippen LogP contribution < -0.4 is 0 Å².